The molecule has 0 bridgehead atoms. The fourth-order valence-corrected chi connectivity index (χ4v) is 2.90. The van der Waals surface area contributed by atoms with Crippen molar-refractivity contribution >= 4 is 40.4 Å². The van der Waals surface area contributed by atoms with Crippen LogP contribution >= 0.6 is 11.6 Å². The lowest BCUT2D eigenvalue weighted by atomic mass is 10.3. The van der Waals surface area contributed by atoms with E-state index in [4.69, 9.17) is 17.3 Å². The van der Waals surface area contributed by atoms with Gasteiger partial charge in [-0.25, -0.2) is 9.67 Å². The smallest absolute Gasteiger partial charge is 0.228 e. The molecule has 0 aromatic carbocycles. The fraction of sp³-hybridized carbons (Fsp3) is 0.286. The minimum atomic E-state index is 0.0559. The van der Waals surface area contributed by atoms with Crippen molar-refractivity contribution in [3.8, 4) is 0 Å². The summed E-state index contributed by atoms with van der Waals surface area (Å²) in [5.74, 6) is 0.796. The Bertz CT molecular complexity index is 940. The van der Waals surface area contributed by atoms with Gasteiger partial charge in [-0.15, -0.1) is 5.10 Å². The first-order valence-electron chi connectivity index (χ1n) is 7.40. The van der Waals surface area contributed by atoms with E-state index in [1.165, 1.54) is 0 Å². The van der Waals surface area contributed by atoms with Crippen LogP contribution < -0.4 is 10.6 Å². The van der Waals surface area contributed by atoms with Gasteiger partial charge < -0.3 is 5.73 Å². The fourth-order valence-electron chi connectivity index (χ4n) is 2.69. The van der Waals surface area contributed by atoms with Crippen LogP contribution in [0.4, 0.5) is 11.8 Å². The molecule has 4 rings (SSSR count). The first-order valence-corrected chi connectivity index (χ1v) is 7.78. The Kier molecular flexibility index (Phi) is 3.49. The lowest BCUT2D eigenvalue weighted by Gasteiger charge is -2.15. The van der Waals surface area contributed by atoms with Gasteiger partial charge in [0.15, 0.2) is 16.3 Å². The SMILES string of the molecule is Nc1nc(Cl)c2nnn(Cc3cccc(N4CCCC4=O)n3)c2n1. The monoisotopic (exact) mass is 344 g/mol. The van der Waals surface area contributed by atoms with Gasteiger partial charge in [0, 0.05) is 13.0 Å². The van der Waals surface area contributed by atoms with Crippen LogP contribution in [0.3, 0.4) is 0 Å². The summed E-state index contributed by atoms with van der Waals surface area (Å²) >= 11 is 6.00. The number of amides is 1. The number of carbonyl (C=O) groups is 1. The molecule has 2 N–H and O–H groups in total. The number of fused-ring (bicyclic) bond motifs is 1. The van der Waals surface area contributed by atoms with Crippen LogP contribution in [-0.2, 0) is 11.3 Å². The number of nitrogens with two attached hydrogens (primary N) is 1. The van der Waals surface area contributed by atoms with Gasteiger partial charge in [-0.1, -0.05) is 22.9 Å². The van der Waals surface area contributed by atoms with E-state index in [1.54, 1.807) is 9.58 Å². The minimum Gasteiger partial charge on any atom is -0.368 e. The Labute approximate surface area is 141 Å². The van der Waals surface area contributed by atoms with Crippen molar-refractivity contribution < 1.29 is 4.79 Å². The van der Waals surface area contributed by atoms with Crippen molar-refractivity contribution in [2.75, 3.05) is 17.2 Å². The number of nitrogen functional groups attached to an aromatic ring is 1. The maximum atomic E-state index is 11.9. The van der Waals surface area contributed by atoms with E-state index in [1.807, 2.05) is 18.2 Å². The minimum absolute atomic E-state index is 0.0559. The van der Waals surface area contributed by atoms with E-state index in [0.717, 1.165) is 12.1 Å². The normalized spacial score (nSPS) is 14.7. The van der Waals surface area contributed by atoms with Crippen molar-refractivity contribution in [1.82, 2.24) is 29.9 Å². The largest absolute Gasteiger partial charge is 0.368 e. The Morgan fingerprint density at radius 1 is 1.25 bits per heavy atom. The maximum Gasteiger partial charge on any atom is 0.228 e. The molecule has 4 heterocycles. The first kappa shape index (κ1) is 14.8. The van der Waals surface area contributed by atoms with Crippen LogP contribution in [0.25, 0.3) is 11.2 Å². The summed E-state index contributed by atoms with van der Waals surface area (Å²) in [6.45, 7) is 1.03. The number of anilines is 2. The van der Waals surface area contributed by atoms with Gasteiger partial charge >= 0.3 is 0 Å². The van der Waals surface area contributed by atoms with E-state index >= 15 is 0 Å². The Morgan fingerprint density at radius 3 is 2.92 bits per heavy atom. The highest BCUT2D eigenvalue weighted by Gasteiger charge is 2.23. The zero-order valence-electron chi connectivity index (χ0n) is 12.6. The molecular weight excluding hydrogens is 332 g/mol. The van der Waals surface area contributed by atoms with Crippen LogP contribution in [0.1, 0.15) is 18.5 Å². The molecule has 9 nitrogen and oxygen atoms in total. The Hall–Kier alpha value is -2.81. The average molecular weight is 345 g/mol. The van der Waals surface area contributed by atoms with Crippen molar-refractivity contribution in [2.24, 2.45) is 0 Å². The van der Waals surface area contributed by atoms with E-state index in [0.29, 0.717) is 36.5 Å². The molecule has 0 aliphatic carbocycles. The van der Waals surface area contributed by atoms with Gasteiger partial charge in [0.05, 0.1) is 12.2 Å². The van der Waals surface area contributed by atoms with Crippen molar-refractivity contribution in [2.45, 2.75) is 19.4 Å². The third-order valence-corrected chi connectivity index (χ3v) is 4.05. The van der Waals surface area contributed by atoms with Gasteiger partial charge in [-0.3, -0.25) is 9.69 Å². The molecule has 0 spiro atoms. The Morgan fingerprint density at radius 2 is 2.12 bits per heavy atom. The van der Waals surface area contributed by atoms with Crippen LogP contribution in [0.5, 0.6) is 0 Å². The highest BCUT2D eigenvalue weighted by atomic mass is 35.5. The predicted molar refractivity (Wildman–Crippen MR) is 87.5 cm³/mol. The molecule has 0 atom stereocenters. The molecule has 1 saturated heterocycles. The highest BCUT2D eigenvalue weighted by Crippen LogP contribution is 2.21. The van der Waals surface area contributed by atoms with E-state index in [2.05, 4.69) is 25.3 Å². The van der Waals surface area contributed by atoms with Gasteiger partial charge in [-0.2, -0.15) is 9.97 Å². The second-order valence-corrected chi connectivity index (χ2v) is 5.79. The van der Waals surface area contributed by atoms with Crippen molar-refractivity contribution in [3.05, 3.63) is 29.0 Å². The van der Waals surface area contributed by atoms with Crippen LogP contribution in [-0.4, -0.2) is 42.4 Å². The molecule has 3 aromatic heterocycles. The molecule has 1 aliphatic rings. The molecule has 1 amide bonds. The standard InChI is InChI=1S/C14H13ClN8O/c15-12-11-13(19-14(16)18-12)23(21-20-11)7-8-3-1-4-9(17-8)22-6-2-5-10(22)24/h1,3-4H,2,5-7H2,(H2,16,18,19). The summed E-state index contributed by atoms with van der Waals surface area (Å²) in [5.41, 5.74) is 7.19. The van der Waals surface area contributed by atoms with Gasteiger partial charge in [0.2, 0.25) is 11.9 Å². The summed E-state index contributed by atoms with van der Waals surface area (Å²) in [7, 11) is 0. The average Bonchev–Trinajstić information content (AvgIpc) is 3.15. The third-order valence-electron chi connectivity index (χ3n) is 3.79. The lowest BCUT2D eigenvalue weighted by Crippen LogP contribution is -2.25. The number of rotatable bonds is 3. The van der Waals surface area contributed by atoms with Gasteiger partial charge in [0.25, 0.3) is 0 Å². The molecular formula is C14H13ClN8O. The lowest BCUT2D eigenvalue weighted by molar-refractivity contribution is -0.117. The molecule has 0 saturated carbocycles. The quantitative estimate of drug-likeness (QED) is 0.705. The van der Waals surface area contributed by atoms with E-state index in [-0.39, 0.29) is 17.0 Å². The molecule has 1 aliphatic heterocycles. The zero-order chi connectivity index (χ0) is 16.7. The van der Waals surface area contributed by atoms with E-state index in [9.17, 15) is 4.79 Å². The summed E-state index contributed by atoms with van der Waals surface area (Å²) in [5, 5.41) is 8.17. The maximum absolute atomic E-state index is 11.9. The second-order valence-electron chi connectivity index (χ2n) is 5.43. The number of pyridine rings is 1. The third kappa shape index (κ3) is 2.52. The highest BCUT2D eigenvalue weighted by molar-refractivity contribution is 6.33. The van der Waals surface area contributed by atoms with Crippen LogP contribution in [0.15, 0.2) is 18.2 Å². The molecule has 10 heteroatoms. The van der Waals surface area contributed by atoms with Gasteiger partial charge in [-0.05, 0) is 18.6 Å². The molecule has 0 unspecified atom stereocenters. The molecule has 0 radical (unpaired) electrons. The van der Waals surface area contributed by atoms with Gasteiger partial charge in [0.1, 0.15) is 5.82 Å². The van der Waals surface area contributed by atoms with Crippen molar-refractivity contribution in [1.29, 1.82) is 0 Å². The zero-order valence-corrected chi connectivity index (χ0v) is 13.3. The number of nitrogens with zero attached hydrogens (tertiary/aromatic N) is 7. The summed E-state index contributed by atoms with van der Waals surface area (Å²) in [6, 6.07) is 5.53. The summed E-state index contributed by atoms with van der Waals surface area (Å²) in [6.07, 6.45) is 1.42. The van der Waals surface area contributed by atoms with Crippen LogP contribution in [0.2, 0.25) is 5.15 Å². The topological polar surface area (TPSA) is 116 Å². The van der Waals surface area contributed by atoms with E-state index < -0.39 is 0 Å². The number of aromatic nitrogens is 6. The molecule has 24 heavy (non-hydrogen) atoms. The second kappa shape index (κ2) is 5.68. The number of hydrogen-bond acceptors (Lipinski definition) is 7. The van der Waals surface area contributed by atoms with Crippen molar-refractivity contribution in [3.63, 3.8) is 0 Å². The summed E-state index contributed by atoms with van der Waals surface area (Å²) in [4.78, 5) is 26.1. The summed E-state index contributed by atoms with van der Waals surface area (Å²) < 4.78 is 1.55. The molecule has 3 aromatic rings. The number of halogens is 1. The predicted octanol–water partition coefficient (Wildman–Crippen LogP) is 1.03. The van der Waals surface area contributed by atoms with Crippen LogP contribution in [0, 0.1) is 0 Å². The number of carbonyl (C=O) groups excluding carboxylic acids is 1. The molecule has 1 fully saturated rings. The molecule has 122 valence electrons. The Balaban J connectivity index is 1.68. The first-order chi connectivity index (χ1) is 11.6. The number of hydrogen-bond donors (Lipinski definition) is 1.